The lowest BCUT2D eigenvalue weighted by molar-refractivity contribution is 0.269. The molecule has 0 radical (unpaired) electrons. The summed E-state index contributed by atoms with van der Waals surface area (Å²) in [4.78, 5) is 0. The van der Waals surface area contributed by atoms with Gasteiger partial charge in [-0.3, -0.25) is 0 Å². The van der Waals surface area contributed by atoms with Gasteiger partial charge in [0.1, 0.15) is 23.0 Å². The highest BCUT2D eigenvalue weighted by Gasteiger charge is 2.34. The molecule has 3 aromatic heterocycles. The summed E-state index contributed by atoms with van der Waals surface area (Å²) >= 11 is 0. The lowest BCUT2D eigenvalue weighted by Gasteiger charge is -2.19. The van der Waals surface area contributed by atoms with Crippen molar-refractivity contribution in [3.63, 3.8) is 0 Å². The normalized spacial score (nSPS) is 15.7. The lowest BCUT2D eigenvalue weighted by atomic mass is 9.87. The van der Waals surface area contributed by atoms with Crippen LogP contribution in [0.5, 0.6) is 5.75 Å². The Kier molecular flexibility index (Phi) is 7.48. The molecule has 2 unspecified atom stereocenters. The molecule has 0 bridgehead atoms. The molecule has 4 nitrogen and oxygen atoms in total. The summed E-state index contributed by atoms with van der Waals surface area (Å²) in [7, 11) is 0. The zero-order valence-corrected chi connectivity index (χ0v) is 34.7. The summed E-state index contributed by atoms with van der Waals surface area (Å²) in [6.45, 7) is 0. The summed E-state index contributed by atoms with van der Waals surface area (Å²) in [5.74, 6) is 1.11. The van der Waals surface area contributed by atoms with Gasteiger partial charge in [0.25, 0.3) is 0 Å². The first-order valence-corrected chi connectivity index (χ1v) is 22.1. The summed E-state index contributed by atoms with van der Waals surface area (Å²) in [5, 5.41) is 7.14. The van der Waals surface area contributed by atoms with Crippen molar-refractivity contribution < 1.29 is 9.15 Å². The van der Waals surface area contributed by atoms with Crippen LogP contribution in [0.3, 0.4) is 0 Å². The Morgan fingerprint density at radius 2 is 0.891 bits per heavy atom. The van der Waals surface area contributed by atoms with Gasteiger partial charge in [-0.25, -0.2) is 0 Å². The molecule has 300 valence electrons. The predicted molar refractivity (Wildman–Crippen MR) is 264 cm³/mol. The van der Waals surface area contributed by atoms with Gasteiger partial charge in [-0.2, -0.15) is 0 Å². The Hall–Kier alpha value is -8.34. The van der Waals surface area contributed by atoms with Gasteiger partial charge in [-0.1, -0.05) is 127 Å². The van der Waals surface area contributed by atoms with Crippen LogP contribution in [0.4, 0.5) is 0 Å². The molecule has 64 heavy (non-hydrogen) atoms. The predicted octanol–water partition coefficient (Wildman–Crippen LogP) is 15.6. The minimum Gasteiger partial charge on any atom is -0.485 e. The second-order valence-corrected chi connectivity index (χ2v) is 17.2. The van der Waals surface area contributed by atoms with Crippen molar-refractivity contribution in [3.05, 3.63) is 230 Å². The minimum atomic E-state index is -0.000939. The van der Waals surface area contributed by atoms with Crippen LogP contribution < -0.4 is 4.74 Å². The highest BCUT2D eigenvalue weighted by Crippen LogP contribution is 2.46. The van der Waals surface area contributed by atoms with Crippen LogP contribution in [0.25, 0.3) is 105 Å². The number of rotatable bonds is 5. The van der Waals surface area contributed by atoms with E-state index in [-0.39, 0.29) is 12.0 Å². The maximum absolute atomic E-state index is 6.49. The maximum Gasteiger partial charge on any atom is 0.135 e. The van der Waals surface area contributed by atoms with Crippen molar-refractivity contribution in [1.29, 1.82) is 0 Å². The van der Waals surface area contributed by atoms with E-state index in [0.29, 0.717) is 0 Å². The van der Waals surface area contributed by atoms with E-state index in [9.17, 15) is 0 Å². The Labute approximate surface area is 368 Å². The molecule has 2 aliphatic rings. The summed E-state index contributed by atoms with van der Waals surface area (Å²) < 4.78 is 17.7. The molecule has 9 aromatic carbocycles. The van der Waals surface area contributed by atoms with E-state index < -0.39 is 0 Å². The number of fused-ring (bicyclic) bond motifs is 12. The molecule has 0 fully saturated rings. The largest absolute Gasteiger partial charge is 0.485 e. The van der Waals surface area contributed by atoms with Gasteiger partial charge in [0, 0.05) is 55.2 Å². The molecule has 0 amide bonds. The van der Waals surface area contributed by atoms with Crippen molar-refractivity contribution in [3.8, 4) is 39.4 Å². The molecular formula is C60H38N2O2. The zero-order valence-electron chi connectivity index (χ0n) is 34.7. The number of hydrogen-bond acceptors (Lipinski definition) is 2. The van der Waals surface area contributed by atoms with Crippen LogP contribution >= 0.6 is 0 Å². The Balaban J connectivity index is 0.872. The number of allylic oxidation sites excluding steroid dienone is 2. The summed E-state index contributed by atoms with van der Waals surface area (Å²) in [5.41, 5.74) is 17.2. The first kappa shape index (κ1) is 35.3. The van der Waals surface area contributed by atoms with Crippen LogP contribution in [0, 0.1) is 0 Å². The average Bonchev–Trinajstić information content (AvgIpc) is 4.11. The van der Waals surface area contributed by atoms with Crippen LogP contribution in [-0.2, 0) is 0 Å². The number of ether oxygens (including phenoxy) is 1. The Morgan fingerprint density at radius 3 is 1.58 bits per heavy atom. The highest BCUT2D eigenvalue weighted by molar-refractivity contribution is 6.13. The molecule has 14 rings (SSSR count). The van der Waals surface area contributed by atoms with Gasteiger partial charge in [-0.05, 0) is 124 Å². The van der Waals surface area contributed by atoms with Gasteiger partial charge < -0.3 is 18.3 Å². The second-order valence-electron chi connectivity index (χ2n) is 17.2. The van der Waals surface area contributed by atoms with E-state index in [4.69, 9.17) is 9.15 Å². The van der Waals surface area contributed by atoms with Crippen molar-refractivity contribution >= 4 is 71.1 Å². The number of hydrogen-bond donors (Lipinski definition) is 0. The topological polar surface area (TPSA) is 32.2 Å². The Bertz CT molecular complexity index is 3940. The highest BCUT2D eigenvalue weighted by atomic mass is 16.5. The van der Waals surface area contributed by atoms with Crippen LogP contribution in [-0.4, -0.2) is 15.2 Å². The van der Waals surface area contributed by atoms with Crippen LogP contribution in [0.1, 0.15) is 17.0 Å². The van der Waals surface area contributed by atoms with E-state index >= 15 is 0 Å². The van der Waals surface area contributed by atoms with Crippen molar-refractivity contribution in [2.45, 2.75) is 12.0 Å². The smallest absolute Gasteiger partial charge is 0.135 e. The van der Waals surface area contributed by atoms with Gasteiger partial charge in [-0.15, -0.1) is 0 Å². The van der Waals surface area contributed by atoms with Crippen LogP contribution in [0.2, 0.25) is 0 Å². The fourth-order valence-corrected chi connectivity index (χ4v) is 10.6. The molecule has 4 heterocycles. The van der Waals surface area contributed by atoms with Crippen molar-refractivity contribution in [2.75, 3.05) is 0 Å². The van der Waals surface area contributed by atoms with E-state index in [0.717, 1.165) is 39.1 Å². The molecule has 2 atom stereocenters. The van der Waals surface area contributed by atoms with Crippen molar-refractivity contribution in [2.24, 2.45) is 0 Å². The summed E-state index contributed by atoms with van der Waals surface area (Å²) in [6.07, 6.45) is 6.79. The zero-order chi connectivity index (χ0) is 41.9. The van der Waals surface area contributed by atoms with Gasteiger partial charge in [0.2, 0.25) is 0 Å². The van der Waals surface area contributed by atoms with E-state index in [2.05, 4.69) is 228 Å². The Morgan fingerprint density at radius 1 is 0.375 bits per heavy atom. The first-order chi connectivity index (χ1) is 31.7. The van der Waals surface area contributed by atoms with E-state index in [1.54, 1.807) is 0 Å². The molecule has 1 aliphatic heterocycles. The number of para-hydroxylation sites is 2. The summed E-state index contributed by atoms with van der Waals surface area (Å²) in [6, 6.07) is 72.4. The van der Waals surface area contributed by atoms with Gasteiger partial charge in [0.15, 0.2) is 0 Å². The van der Waals surface area contributed by atoms with E-state index in [1.165, 1.54) is 82.6 Å². The number of aromatic nitrogens is 2. The molecule has 1 aliphatic carbocycles. The van der Waals surface area contributed by atoms with Gasteiger partial charge >= 0.3 is 0 Å². The molecule has 0 saturated heterocycles. The van der Waals surface area contributed by atoms with Crippen molar-refractivity contribution in [1.82, 2.24) is 9.13 Å². The first-order valence-electron chi connectivity index (χ1n) is 22.1. The standard InChI is InChI=1S/C60H38N2O2/c1-3-11-37(12-4-1)39-21-27-57-49(33-39)51-35-43(23-29-59(51)63-57)61-53-17-9-7-15-45(53)47-31-41(19-25-55(47)61)42-20-26-56-48(32-42)46-16-8-10-18-54(46)62(56)44-24-30-60-52(36-44)50-34-40(22-28-58(50)64-60)38-13-5-2-6-14-38/h1-36,49,57H. The molecule has 0 spiro atoms. The fraction of sp³-hybridized carbons (Fsp3) is 0.0333. The second kappa shape index (κ2) is 13.6. The molecular weight excluding hydrogens is 781 g/mol. The maximum atomic E-state index is 6.49. The third-order valence-corrected chi connectivity index (χ3v) is 13.7. The molecule has 4 heteroatoms. The average molecular weight is 819 g/mol. The quantitative estimate of drug-likeness (QED) is 0.173. The third kappa shape index (κ3) is 5.29. The number of benzene rings is 9. The molecule has 0 N–H and O–H groups in total. The minimum absolute atomic E-state index is 0.000939. The monoisotopic (exact) mass is 818 g/mol. The van der Waals surface area contributed by atoms with E-state index in [1.807, 2.05) is 0 Å². The number of furan rings is 1. The fourth-order valence-electron chi connectivity index (χ4n) is 10.6. The molecule has 12 aromatic rings. The molecule has 0 saturated carbocycles. The van der Waals surface area contributed by atoms with Crippen LogP contribution in [0.15, 0.2) is 223 Å². The third-order valence-electron chi connectivity index (χ3n) is 13.7. The SMILES string of the molecule is C1=CC2Oc3ccc(-n4c5ccccc5c5cc(-c6ccc7c(c6)c6ccccc6n7-c6ccc7oc8ccc(-c9ccccc9)cc8c7c6)ccc54)cc3C2C=C1c1ccccc1. The lowest BCUT2D eigenvalue weighted by Crippen LogP contribution is -2.17. The number of nitrogens with zero attached hydrogens (tertiary/aromatic N) is 2. The van der Waals surface area contributed by atoms with Gasteiger partial charge in [0.05, 0.1) is 22.1 Å².